The Morgan fingerprint density at radius 1 is 0.312 bits per heavy atom. The smallest absolute Gasteiger partial charge is 0.164 e. The topological polar surface area (TPSA) is 51.8 Å². The van der Waals surface area contributed by atoms with E-state index in [0.717, 1.165) is 72.0 Å². The van der Waals surface area contributed by atoms with Gasteiger partial charge in [-0.05, 0) is 103 Å². The van der Waals surface area contributed by atoms with Crippen LogP contribution in [0.5, 0.6) is 0 Å². The van der Waals surface area contributed by atoms with Crippen LogP contribution in [0.1, 0.15) is 25.0 Å². The first-order valence-corrected chi connectivity index (χ1v) is 21.8. The molecule has 2 heterocycles. The van der Waals surface area contributed by atoms with E-state index < -0.39 is 0 Å². The summed E-state index contributed by atoms with van der Waals surface area (Å²) < 4.78 is 6.57. The summed E-state index contributed by atoms with van der Waals surface area (Å²) in [6.45, 7) is 4.64. The zero-order valence-corrected chi connectivity index (χ0v) is 35.5. The van der Waals surface area contributed by atoms with Crippen molar-refractivity contribution in [2.45, 2.75) is 19.3 Å². The second-order valence-corrected chi connectivity index (χ2v) is 17.2. The molecule has 0 aliphatic heterocycles. The number of fused-ring (bicyclic) bond motifs is 6. The van der Waals surface area contributed by atoms with Crippen LogP contribution in [0.3, 0.4) is 0 Å². The maximum Gasteiger partial charge on any atom is 0.164 e. The fraction of sp³-hybridized carbons (Fsp3) is 0.0500. The molecule has 9 aromatic carbocycles. The second-order valence-electron chi connectivity index (χ2n) is 17.2. The fourth-order valence-corrected chi connectivity index (χ4v) is 9.64. The Labute approximate surface area is 372 Å². The first kappa shape index (κ1) is 37.5. The van der Waals surface area contributed by atoms with Gasteiger partial charge in [-0.3, -0.25) is 0 Å². The van der Waals surface area contributed by atoms with Crippen LogP contribution in [0.15, 0.2) is 217 Å². The second kappa shape index (κ2) is 15.0. The lowest BCUT2D eigenvalue weighted by atomic mass is 9.82. The lowest BCUT2D eigenvalue weighted by Crippen LogP contribution is -2.14. The molecule has 0 radical (unpaired) electrons. The molecule has 11 aromatic rings. The van der Waals surface area contributed by atoms with Crippen molar-refractivity contribution in [3.63, 3.8) is 0 Å². The van der Waals surface area contributed by atoms with Gasteiger partial charge in [0.1, 0.15) is 11.2 Å². The van der Waals surface area contributed by atoms with Crippen molar-refractivity contribution < 1.29 is 4.42 Å². The van der Waals surface area contributed by atoms with Gasteiger partial charge in [0.05, 0.1) is 0 Å². The maximum absolute atomic E-state index is 6.57. The van der Waals surface area contributed by atoms with Crippen LogP contribution in [-0.4, -0.2) is 15.0 Å². The van der Waals surface area contributed by atoms with Crippen LogP contribution in [-0.2, 0) is 5.41 Å². The number of rotatable bonds is 7. The maximum atomic E-state index is 6.57. The van der Waals surface area contributed by atoms with Gasteiger partial charge in [0, 0.05) is 32.9 Å². The molecule has 1 aliphatic rings. The van der Waals surface area contributed by atoms with Crippen LogP contribution in [0.25, 0.3) is 112 Å². The van der Waals surface area contributed by atoms with Crippen molar-refractivity contribution >= 4 is 21.9 Å². The van der Waals surface area contributed by atoms with Crippen molar-refractivity contribution in [3.8, 4) is 89.8 Å². The summed E-state index contributed by atoms with van der Waals surface area (Å²) in [7, 11) is 0. The lowest BCUT2D eigenvalue weighted by molar-refractivity contribution is 0.660. The fourth-order valence-electron chi connectivity index (χ4n) is 9.64. The Balaban J connectivity index is 0.906. The molecular formula is C60H41N3O. The van der Waals surface area contributed by atoms with E-state index >= 15 is 0 Å². The van der Waals surface area contributed by atoms with Crippen molar-refractivity contribution in [2.24, 2.45) is 0 Å². The normalized spacial score (nSPS) is 12.7. The highest BCUT2D eigenvalue weighted by molar-refractivity contribution is 6.13. The molecule has 4 nitrogen and oxygen atoms in total. The molecular weight excluding hydrogens is 779 g/mol. The average molecular weight is 820 g/mol. The molecule has 0 amide bonds. The minimum atomic E-state index is -0.0415. The van der Waals surface area contributed by atoms with E-state index in [1.54, 1.807) is 0 Å². The standard InChI is InChI=1S/C60H41N3O/c1-60(2)52-24-10-9-22-49(52)51-36-44(31-33-53(51)60)42-18-11-20-46(34-42)58-61-57(41-16-7-4-8-17-41)62-59(63-58)47-21-12-19-43(35-47)45-30-32-50-55(37-45)64-54-25-13-23-48(56(50)54)40-28-26-39(27-29-40)38-14-5-3-6-15-38/h3-37H,1-2H3. The van der Waals surface area contributed by atoms with Gasteiger partial charge in [-0.25, -0.2) is 15.0 Å². The van der Waals surface area contributed by atoms with Gasteiger partial charge in [-0.15, -0.1) is 0 Å². The summed E-state index contributed by atoms with van der Waals surface area (Å²) in [6.07, 6.45) is 0. The molecule has 4 heteroatoms. The van der Waals surface area contributed by atoms with Crippen LogP contribution in [0.2, 0.25) is 0 Å². The molecule has 64 heavy (non-hydrogen) atoms. The van der Waals surface area contributed by atoms with E-state index in [4.69, 9.17) is 19.4 Å². The monoisotopic (exact) mass is 819 g/mol. The molecule has 0 spiro atoms. The Morgan fingerprint density at radius 2 is 0.781 bits per heavy atom. The zero-order chi connectivity index (χ0) is 42.8. The van der Waals surface area contributed by atoms with Crippen molar-refractivity contribution in [1.29, 1.82) is 0 Å². The number of hydrogen-bond donors (Lipinski definition) is 0. The van der Waals surface area contributed by atoms with Crippen LogP contribution < -0.4 is 0 Å². The number of hydrogen-bond acceptors (Lipinski definition) is 4. The number of furan rings is 1. The van der Waals surface area contributed by atoms with Crippen molar-refractivity contribution in [1.82, 2.24) is 15.0 Å². The van der Waals surface area contributed by atoms with Crippen LogP contribution in [0.4, 0.5) is 0 Å². The van der Waals surface area contributed by atoms with E-state index in [1.165, 1.54) is 33.4 Å². The number of aromatic nitrogens is 3. The van der Waals surface area contributed by atoms with E-state index in [0.29, 0.717) is 17.5 Å². The van der Waals surface area contributed by atoms with Crippen molar-refractivity contribution in [2.75, 3.05) is 0 Å². The minimum absolute atomic E-state index is 0.0415. The summed E-state index contributed by atoms with van der Waals surface area (Å²) in [4.78, 5) is 15.4. The first-order valence-electron chi connectivity index (χ1n) is 21.8. The van der Waals surface area contributed by atoms with E-state index in [9.17, 15) is 0 Å². The SMILES string of the molecule is CC1(C)c2ccccc2-c2cc(-c3cccc(-c4nc(-c5ccccc5)nc(-c5cccc(-c6ccc7c(c6)oc6cccc(-c8ccc(-c9ccccc9)cc8)c67)c5)n4)c3)ccc21. The summed E-state index contributed by atoms with van der Waals surface area (Å²) in [5.74, 6) is 1.86. The molecule has 0 atom stereocenters. The van der Waals surface area contributed by atoms with E-state index in [-0.39, 0.29) is 5.41 Å². The van der Waals surface area contributed by atoms with Crippen LogP contribution >= 0.6 is 0 Å². The highest BCUT2D eigenvalue weighted by Crippen LogP contribution is 2.49. The van der Waals surface area contributed by atoms with Gasteiger partial charge in [0.15, 0.2) is 17.5 Å². The minimum Gasteiger partial charge on any atom is -0.456 e. The van der Waals surface area contributed by atoms with Crippen LogP contribution in [0, 0.1) is 0 Å². The predicted molar refractivity (Wildman–Crippen MR) is 263 cm³/mol. The largest absolute Gasteiger partial charge is 0.456 e. The van der Waals surface area contributed by atoms with Crippen molar-refractivity contribution in [3.05, 3.63) is 223 Å². The third-order valence-corrected chi connectivity index (χ3v) is 13.0. The molecule has 12 rings (SSSR count). The van der Waals surface area contributed by atoms with Gasteiger partial charge in [-0.2, -0.15) is 0 Å². The summed E-state index contributed by atoms with van der Waals surface area (Å²) in [6, 6.07) is 75.0. The molecule has 0 bridgehead atoms. The van der Waals surface area contributed by atoms with E-state index in [1.807, 2.05) is 36.4 Å². The van der Waals surface area contributed by atoms with Gasteiger partial charge in [0.25, 0.3) is 0 Å². The third-order valence-electron chi connectivity index (χ3n) is 13.0. The molecule has 2 aromatic heterocycles. The molecule has 0 fully saturated rings. The summed E-state index contributed by atoms with van der Waals surface area (Å²) in [5, 5.41) is 2.20. The quantitative estimate of drug-likeness (QED) is 0.161. The van der Waals surface area contributed by atoms with Gasteiger partial charge in [-0.1, -0.05) is 190 Å². The molecule has 0 saturated carbocycles. The number of nitrogens with zero attached hydrogens (tertiary/aromatic N) is 3. The molecule has 0 N–H and O–H groups in total. The summed E-state index contributed by atoms with van der Waals surface area (Å²) >= 11 is 0. The highest BCUT2D eigenvalue weighted by Gasteiger charge is 2.35. The molecule has 0 saturated heterocycles. The van der Waals surface area contributed by atoms with Gasteiger partial charge < -0.3 is 4.42 Å². The van der Waals surface area contributed by atoms with Gasteiger partial charge in [0.2, 0.25) is 0 Å². The average Bonchev–Trinajstić information content (AvgIpc) is 3.85. The van der Waals surface area contributed by atoms with E-state index in [2.05, 4.69) is 190 Å². The molecule has 0 unspecified atom stereocenters. The molecule has 1 aliphatic carbocycles. The Kier molecular flexibility index (Phi) is 8.80. The third kappa shape index (κ3) is 6.42. The zero-order valence-electron chi connectivity index (χ0n) is 35.5. The first-order chi connectivity index (χ1) is 31.4. The molecule has 302 valence electrons. The Morgan fingerprint density at radius 3 is 1.48 bits per heavy atom. The Hall–Kier alpha value is -8.21. The lowest BCUT2D eigenvalue weighted by Gasteiger charge is -2.21. The number of benzene rings is 9. The Bertz CT molecular complexity index is 3570. The van der Waals surface area contributed by atoms with Gasteiger partial charge >= 0.3 is 0 Å². The predicted octanol–water partition coefficient (Wildman–Crippen LogP) is 15.7. The summed E-state index contributed by atoms with van der Waals surface area (Å²) in [5.41, 5.74) is 18.8. The highest BCUT2D eigenvalue weighted by atomic mass is 16.3.